The van der Waals surface area contributed by atoms with Gasteiger partial charge in [0, 0.05) is 18.3 Å². The van der Waals surface area contributed by atoms with Crippen LogP contribution in [0.3, 0.4) is 0 Å². The van der Waals surface area contributed by atoms with Crippen molar-refractivity contribution < 1.29 is 19.2 Å². The van der Waals surface area contributed by atoms with Gasteiger partial charge in [0.1, 0.15) is 5.75 Å². The summed E-state index contributed by atoms with van der Waals surface area (Å²) in [4.78, 5) is 22.2. The molecule has 8 nitrogen and oxygen atoms in total. The summed E-state index contributed by atoms with van der Waals surface area (Å²) in [7, 11) is 0. The lowest BCUT2D eigenvalue weighted by atomic mass is 9.98. The quantitative estimate of drug-likeness (QED) is 0.401. The number of carbonyl (C=O) groups is 1. The highest BCUT2D eigenvalue weighted by atomic mass is 16.7. The van der Waals surface area contributed by atoms with Crippen molar-refractivity contribution in [3.05, 3.63) is 52.3 Å². The van der Waals surface area contributed by atoms with Crippen molar-refractivity contribution in [3.8, 4) is 5.75 Å². The molecule has 23 heavy (non-hydrogen) atoms. The molecule has 1 N–H and O–H groups in total. The molecule has 120 valence electrons. The number of nitrogens with one attached hydrogen (secondary N) is 1. The molecule has 1 aliphatic carbocycles. The highest BCUT2D eigenvalue weighted by molar-refractivity contribution is 5.65. The first kappa shape index (κ1) is 15.0. The van der Waals surface area contributed by atoms with E-state index in [-0.39, 0.29) is 11.4 Å². The van der Waals surface area contributed by atoms with E-state index in [0.29, 0.717) is 12.8 Å². The van der Waals surface area contributed by atoms with Gasteiger partial charge in [-0.3, -0.25) is 15.2 Å². The van der Waals surface area contributed by atoms with E-state index in [1.807, 2.05) is 0 Å². The van der Waals surface area contributed by atoms with Crippen LogP contribution in [0.5, 0.6) is 5.75 Å². The Balaban J connectivity index is 1.69. The number of carbonyl (C=O) groups excluding carboxylic acids is 1. The Bertz CT molecular complexity index is 690. The van der Waals surface area contributed by atoms with Crippen LogP contribution in [0.15, 0.2) is 36.5 Å². The Morgan fingerprint density at radius 2 is 1.91 bits per heavy atom. The molecule has 1 heterocycles. The number of ether oxygens (including phenoxy) is 2. The number of nitrogens with zero attached hydrogens (tertiary/aromatic N) is 2. The third-order valence-electron chi connectivity index (χ3n) is 3.93. The van der Waals surface area contributed by atoms with Crippen LogP contribution in [-0.2, 0) is 10.3 Å². The Labute approximate surface area is 131 Å². The predicted molar refractivity (Wildman–Crippen MR) is 78.9 cm³/mol. The average Bonchev–Trinajstić information content (AvgIpc) is 3.19. The second-order valence-electron chi connectivity index (χ2n) is 5.38. The summed E-state index contributed by atoms with van der Waals surface area (Å²) in [5.74, 6) is 0.193. The lowest BCUT2D eigenvalue weighted by Crippen LogP contribution is -2.31. The van der Waals surface area contributed by atoms with Gasteiger partial charge in [0.2, 0.25) is 0 Å². The predicted octanol–water partition coefficient (Wildman–Crippen LogP) is 3.30. The Morgan fingerprint density at radius 1 is 1.22 bits per heavy atom. The summed E-state index contributed by atoms with van der Waals surface area (Å²) < 4.78 is 10.7. The zero-order chi connectivity index (χ0) is 16.3. The van der Waals surface area contributed by atoms with Crippen LogP contribution < -0.4 is 4.74 Å². The molecule has 0 atom stereocenters. The first-order valence-corrected chi connectivity index (χ1v) is 7.24. The molecule has 1 aliphatic rings. The van der Waals surface area contributed by atoms with E-state index in [9.17, 15) is 14.9 Å². The van der Waals surface area contributed by atoms with Gasteiger partial charge in [0.15, 0.2) is 5.60 Å². The van der Waals surface area contributed by atoms with E-state index in [1.54, 1.807) is 12.3 Å². The molecule has 0 spiro atoms. The number of non-ortho nitro benzene ring substituents is 1. The van der Waals surface area contributed by atoms with E-state index in [4.69, 9.17) is 9.47 Å². The second-order valence-corrected chi connectivity index (χ2v) is 5.38. The number of aromatic nitrogens is 2. The fourth-order valence-electron chi connectivity index (χ4n) is 2.79. The first-order chi connectivity index (χ1) is 11.1. The molecule has 0 amide bonds. The number of hydrogen-bond acceptors (Lipinski definition) is 6. The number of hydrogen-bond donors (Lipinski definition) is 1. The molecular weight excluding hydrogens is 302 g/mol. The van der Waals surface area contributed by atoms with Crippen LogP contribution in [-0.4, -0.2) is 21.3 Å². The monoisotopic (exact) mass is 317 g/mol. The smallest absolute Gasteiger partial charge is 0.421 e. The summed E-state index contributed by atoms with van der Waals surface area (Å²) in [5, 5.41) is 17.4. The largest absolute Gasteiger partial charge is 0.514 e. The lowest BCUT2D eigenvalue weighted by Gasteiger charge is -2.26. The van der Waals surface area contributed by atoms with Crippen molar-refractivity contribution in [2.24, 2.45) is 0 Å². The SMILES string of the molecule is O=C(Oc1ccc([N+](=O)[O-])cc1)OC1(c2ccn[nH]2)CCCC1. The first-order valence-electron chi connectivity index (χ1n) is 7.24. The van der Waals surface area contributed by atoms with Crippen LogP contribution >= 0.6 is 0 Å². The summed E-state index contributed by atoms with van der Waals surface area (Å²) in [6.07, 6.45) is 4.07. The highest BCUT2D eigenvalue weighted by Crippen LogP contribution is 2.41. The topological polar surface area (TPSA) is 107 Å². The van der Waals surface area contributed by atoms with Crippen molar-refractivity contribution in [3.63, 3.8) is 0 Å². The van der Waals surface area contributed by atoms with Crippen LogP contribution in [0.4, 0.5) is 10.5 Å². The van der Waals surface area contributed by atoms with Crippen LogP contribution in [0.1, 0.15) is 31.4 Å². The fourth-order valence-corrected chi connectivity index (χ4v) is 2.79. The van der Waals surface area contributed by atoms with Crippen molar-refractivity contribution in [2.45, 2.75) is 31.3 Å². The number of nitro benzene ring substituents is 1. The molecule has 0 radical (unpaired) electrons. The minimum atomic E-state index is -0.838. The third kappa shape index (κ3) is 3.15. The van der Waals surface area contributed by atoms with Gasteiger partial charge < -0.3 is 9.47 Å². The molecule has 1 aromatic heterocycles. The number of rotatable bonds is 4. The summed E-state index contributed by atoms with van der Waals surface area (Å²) in [6, 6.07) is 7.03. The highest BCUT2D eigenvalue weighted by Gasteiger charge is 2.41. The molecule has 0 saturated heterocycles. The van der Waals surface area contributed by atoms with Gasteiger partial charge >= 0.3 is 6.16 Å². The molecule has 0 unspecified atom stereocenters. The fraction of sp³-hybridized carbons (Fsp3) is 0.333. The summed E-state index contributed by atoms with van der Waals surface area (Å²) in [5.41, 5.74) is -0.0694. The van der Waals surface area contributed by atoms with Gasteiger partial charge in [-0.2, -0.15) is 5.10 Å². The summed E-state index contributed by atoms with van der Waals surface area (Å²) in [6.45, 7) is 0. The van der Waals surface area contributed by atoms with E-state index in [0.717, 1.165) is 18.5 Å². The Hall–Kier alpha value is -2.90. The van der Waals surface area contributed by atoms with Gasteiger partial charge in [-0.05, 0) is 43.9 Å². The Kier molecular flexibility index (Phi) is 3.96. The number of H-pyrrole nitrogens is 1. The number of benzene rings is 1. The maximum Gasteiger partial charge on any atom is 0.514 e. The molecule has 1 saturated carbocycles. The van der Waals surface area contributed by atoms with Gasteiger partial charge in [-0.15, -0.1) is 0 Å². The van der Waals surface area contributed by atoms with Crippen molar-refractivity contribution >= 4 is 11.8 Å². The normalized spacial score (nSPS) is 16.0. The van der Waals surface area contributed by atoms with E-state index in [1.165, 1.54) is 24.3 Å². The summed E-state index contributed by atoms with van der Waals surface area (Å²) >= 11 is 0. The zero-order valence-electron chi connectivity index (χ0n) is 12.2. The van der Waals surface area contributed by atoms with Crippen molar-refractivity contribution in [1.82, 2.24) is 10.2 Å². The van der Waals surface area contributed by atoms with E-state index < -0.39 is 16.7 Å². The third-order valence-corrected chi connectivity index (χ3v) is 3.93. The molecule has 1 fully saturated rings. The molecule has 3 rings (SSSR count). The second kappa shape index (κ2) is 6.07. The maximum atomic E-state index is 12.1. The van der Waals surface area contributed by atoms with Crippen molar-refractivity contribution in [1.29, 1.82) is 0 Å². The molecule has 0 aliphatic heterocycles. The van der Waals surface area contributed by atoms with Gasteiger partial charge in [0.25, 0.3) is 5.69 Å². The van der Waals surface area contributed by atoms with Crippen molar-refractivity contribution in [2.75, 3.05) is 0 Å². The number of aromatic amines is 1. The van der Waals surface area contributed by atoms with Crippen LogP contribution in [0.2, 0.25) is 0 Å². The van der Waals surface area contributed by atoms with E-state index in [2.05, 4.69) is 10.2 Å². The maximum absolute atomic E-state index is 12.1. The van der Waals surface area contributed by atoms with Gasteiger partial charge in [-0.25, -0.2) is 4.79 Å². The molecule has 8 heteroatoms. The molecule has 2 aromatic rings. The standard InChI is InChI=1S/C15H15N3O5/c19-14(22-12-5-3-11(4-6-12)18(20)21)23-15(8-1-2-9-15)13-7-10-16-17-13/h3-7,10H,1-2,8-9H2,(H,16,17). The Morgan fingerprint density at radius 3 is 2.48 bits per heavy atom. The zero-order valence-corrected chi connectivity index (χ0v) is 12.2. The number of nitro groups is 1. The van der Waals surface area contributed by atoms with Gasteiger partial charge in [-0.1, -0.05) is 0 Å². The molecule has 0 bridgehead atoms. The molecule has 1 aromatic carbocycles. The van der Waals surface area contributed by atoms with Crippen LogP contribution in [0, 0.1) is 10.1 Å². The minimum Gasteiger partial charge on any atom is -0.421 e. The minimum absolute atomic E-state index is 0.0737. The molecular formula is C15H15N3O5. The lowest BCUT2D eigenvalue weighted by molar-refractivity contribution is -0.384. The average molecular weight is 317 g/mol. The van der Waals surface area contributed by atoms with E-state index >= 15 is 0 Å². The van der Waals surface area contributed by atoms with Gasteiger partial charge in [0.05, 0.1) is 10.6 Å². The van der Waals surface area contributed by atoms with Crippen LogP contribution in [0.25, 0.3) is 0 Å².